The highest BCUT2D eigenvalue weighted by molar-refractivity contribution is 5.87. The molecule has 2 N–H and O–H groups in total. The van der Waals surface area contributed by atoms with Crippen molar-refractivity contribution >= 4 is 5.97 Å². The largest absolute Gasteiger partial charge is 0.508 e. The van der Waals surface area contributed by atoms with Crippen LogP contribution in [-0.4, -0.2) is 16.2 Å². The fraction of sp³-hybridized carbons (Fsp3) is 0.0625. The molecule has 0 atom stereocenters. The zero-order valence-electron chi connectivity index (χ0n) is 10.7. The van der Waals surface area contributed by atoms with Gasteiger partial charge in [-0.3, -0.25) is 0 Å². The summed E-state index contributed by atoms with van der Waals surface area (Å²) in [5.41, 5.74) is 0.968. The van der Waals surface area contributed by atoms with Crippen LogP contribution in [0.4, 0.5) is 0 Å². The first-order valence-corrected chi connectivity index (χ1v) is 6.04. The molecule has 0 aliphatic rings. The monoisotopic (exact) mass is 270 g/mol. The number of hydrogen-bond donors (Lipinski definition) is 2. The molecule has 0 aliphatic carbocycles. The second kappa shape index (κ2) is 5.93. The number of ether oxygens (including phenoxy) is 1. The maximum atomic E-state index is 10.7. The number of hydrogen-bond acceptors (Lipinski definition) is 3. The van der Waals surface area contributed by atoms with Crippen LogP contribution in [0.25, 0.3) is 0 Å². The van der Waals surface area contributed by atoms with Crippen LogP contribution < -0.4 is 4.74 Å². The summed E-state index contributed by atoms with van der Waals surface area (Å²) in [7, 11) is 0. The Labute approximate surface area is 116 Å². The molecule has 0 spiro atoms. The number of carboxylic acids is 1. The molecule has 0 saturated carbocycles. The van der Waals surface area contributed by atoms with Crippen LogP contribution in [0.15, 0.2) is 55.1 Å². The Morgan fingerprint density at radius 3 is 2.35 bits per heavy atom. The van der Waals surface area contributed by atoms with E-state index in [0.717, 1.165) is 5.56 Å². The number of phenols is 1. The minimum absolute atomic E-state index is 0.143. The second-order valence-electron chi connectivity index (χ2n) is 4.21. The van der Waals surface area contributed by atoms with E-state index in [4.69, 9.17) is 9.84 Å². The summed E-state index contributed by atoms with van der Waals surface area (Å²) in [6.07, 6.45) is 2.29. The Morgan fingerprint density at radius 2 is 1.80 bits per heavy atom. The van der Waals surface area contributed by atoms with Crippen LogP contribution in [0.2, 0.25) is 0 Å². The molecule has 0 aromatic heterocycles. The molecule has 0 amide bonds. The minimum Gasteiger partial charge on any atom is -0.508 e. The van der Waals surface area contributed by atoms with Crippen LogP contribution in [0.5, 0.6) is 17.2 Å². The van der Waals surface area contributed by atoms with Gasteiger partial charge >= 0.3 is 5.97 Å². The van der Waals surface area contributed by atoms with Crippen molar-refractivity contribution in [2.24, 2.45) is 0 Å². The molecular weight excluding hydrogens is 256 g/mol. The van der Waals surface area contributed by atoms with Crippen molar-refractivity contribution in [2.45, 2.75) is 6.42 Å². The van der Waals surface area contributed by atoms with E-state index in [1.54, 1.807) is 30.3 Å². The number of carbonyl (C=O) groups is 1. The Kier molecular flexibility index (Phi) is 4.05. The van der Waals surface area contributed by atoms with Gasteiger partial charge in [-0.25, -0.2) is 4.79 Å². The van der Waals surface area contributed by atoms with Crippen molar-refractivity contribution in [3.05, 3.63) is 66.2 Å². The van der Waals surface area contributed by atoms with Crippen molar-refractivity contribution < 1.29 is 19.7 Å². The van der Waals surface area contributed by atoms with Crippen LogP contribution in [0, 0.1) is 0 Å². The molecule has 0 bridgehead atoms. The Hall–Kier alpha value is -2.75. The minimum atomic E-state index is -0.983. The quantitative estimate of drug-likeness (QED) is 0.814. The number of benzene rings is 2. The summed E-state index contributed by atoms with van der Waals surface area (Å²) >= 11 is 0. The number of aromatic hydroxyl groups is 1. The standard InChI is InChI=1S/C16H14O4/c1-2-3-11-4-9-14(10-15(11)17)20-13-7-5-12(6-8-13)16(18)19/h2,4-10,17H,1,3H2,(H,18,19). The van der Waals surface area contributed by atoms with E-state index in [1.165, 1.54) is 18.2 Å². The van der Waals surface area contributed by atoms with Gasteiger partial charge in [0, 0.05) is 6.07 Å². The topological polar surface area (TPSA) is 66.8 Å². The molecule has 2 aromatic carbocycles. The highest BCUT2D eigenvalue weighted by atomic mass is 16.5. The normalized spacial score (nSPS) is 10.0. The number of rotatable bonds is 5. The molecule has 0 unspecified atom stereocenters. The average Bonchev–Trinajstić information content (AvgIpc) is 2.42. The molecule has 0 radical (unpaired) electrons. The third-order valence-corrected chi connectivity index (χ3v) is 2.76. The molecule has 0 saturated heterocycles. The van der Waals surface area contributed by atoms with E-state index in [9.17, 15) is 9.90 Å². The van der Waals surface area contributed by atoms with Gasteiger partial charge in [0.15, 0.2) is 0 Å². The van der Waals surface area contributed by atoms with Crippen molar-refractivity contribution in [1.29, 1.82) is 0 Å². The predicted octanol–water partition coefficient (Wildman–Crippen LogP) is 3.61. The molecule has 0 heterocycles. The van der Waals surface area contributed by atoms with Gasteiger partial charge in [-0.1, -0.05) is 12.1 Å². The van der Waals surface area contributed by atoms with Gasteiger partial charge in [-0.15, -0.1) is 6.58 Å². The summed E-state index contributed by atoms with van der Waals surface area (Å²) in [4.78, 5) is 10.7. The van der Waals surface area contributed by atoms with E-state index in [0.29, 0.717) is 17.9 Å². The molecule has 20 heavy (non-hydrogen) atoms. The lowest BCUT2D eigenvalue weighted by Crippen LogP contribution is -1.95. The summed E-state index contributed by atoms with van der Waals surface area (Å²) < 4.78 is 5.55. The van der Waals surface area contributed by atoms with Crippen LogP contribution in [0.1, 0.15) is 15.9 Å². The lowest BCUT2D eigenvalue weighted by atomic mass is 10.1. The van der Waals surface area contributed by atoms with Gasteiger partial charge in [0.05, 0.1) is 5.56 Å². The summed E-state index contributed by atoms with van der Waals surface area (Å²) in [6.45, 7) is 3.62. The van der Waals surface area contributed by atoms with Gasteiger partial charge < -0.3 is 14.9 Å². The molecule has 2 rings (SSSR count). The number of carboxylic acid groups (broad SMARTS) is 1. The van der Waals surface area contributed by atoms with Gasteiger partial charge in [0.2, 0.25) is 0 Å². The Morgan fingerprint density at radius 1 is 1.15 bits per heavy atom. The Bertz CT molecular complexity index is 629. The van der Waals surface area contributed by atoms with E-state index >= 15 is 0 Å². The van der Waals surface area contributed by atoms with Gasteiger partial charge in [0.1, 0.15) is 17.2 Å². The first-order valence-electron chi connectivity index (χ1n) is 6.04. The molecule has 4 heteroatoms. The third-order valence-electron chi connectivity index (χ3n) is 2.76. The van der Waals surface area contributed by atoms with Crippen LogP contribution >= 0.6 is 0 Å². The van der Waals surface area contributed by atoms with Gasteiger partial charge in [-0.05, 0) is 42.3 Å². The lowest BCUT2D eigenvalue weighted by Gasteiger charge is -2.08. The van der Waals surface area contributed by atoms with E-state index in [-0.39, 0.29) is 11.3 Å². The van der Waals surface area contributed by atoms with Crippen molar-refractivity contribution in [3.63, 3.8) is 0 Å². The molecule has 0 fully saturated rings. The highest BCUT2D eigenvalue weighted by Crippen LogP contribution is 2.28. The second-order valence-corrected chi connectivity index (χ2v) is 4.21. The lowest BCUT2D eigenvalue weighted by molar-refractivity contribution is 0.0697. The maximum absolute atomic E-state index is 10.7. The number of allylic oxidation sites excluding steroid dienone is 1. The van der Waals surface area contributed by atoms with Gasteiger partial charge in [-0.2, -0.15) is 0 Å². The maximum Gasteiger partial charge on any atom is 0.335 e. The van der Waals surface area contributed by atoms with Gasteiger partial charge in [0.25, 0.3) is 0 Å². The highest BCUT2D eigenvalue weighted by Gasteiger charge is 2.05. The fourth-order valence-electron chi connectivity index (χ4n) is 1.74. The van der Waals surface area contributed by atoms with Crippen molar-refractivity contribution in [1.82, 2.24) is 0 Å². The number of aromatic carboxylic acids is 1. The summed E-state index contributed by atoms with van der Waals surface area (Å²) in [5, 5.41) is 18.6. The average molecular weight is 270 g/mol. The SMILES string of the molecule is C=CCc1ccc(Oc2ccc(C(=O)O)cc2)cc1O. The molecule has 2 aromatic rings. The molecule has 0 aliphatic heterocycles. The van der Waals surface area contributed by atoms with E-state index in [1.807, 2.05) is 0 Å². The smallest absolute Gasteiger partial charge is 0.335 e. The first-order chi connectivity index (χ1) is 9.60. The molecular formula is C16H14O4. The van der Waals surface area contributed by atoms with Crippen LogP contribution in [-0.2, 0) is 6.42 Å². The summed E-state index contributed by atoms with van der Waals surface area (Å²) in [6, 6.07) is 11.1. The molecule has 102 valence electrons. The molecule has 4 nitrogen and oxygen atoms in total. The van der Waals surface area contributed by atoms with Crippen molar-refractivity contribution in [2.75, 3.05) is 0 Å². The Balaban J connectivity index is 2.15. The predicted molar refractivity (Wildman–Crippen MR) is 75.5 cm³/mol. The van der Waals surface area contributed by atoms with E-state index in [2.05, 4.69) is 6.58 Å². The zero-order valence-corrected chi connectivity index (χ0v) is 10.7. The van der Waals surface area contributed by atoms with Crippen LogP contribution in [0.3, 0.4) is 0 Å². The fourth-order valence-corrected chi connectivity index (χ4v) is 1.74. The van der Waals surface area contributed by atoms with E-state index < -0.39 is 5.97 Å². The van der Waals surface area contributed by atoms with Crippen molar-refractivity contribution in [3.8, 4) is 17.2 Å². The summed E-state index contributed by atoms with van der Waals surface area (Å²) in [5.74, 6) is 0.150. The zero-order chi connectivity index (χ0) is 14.5. The number of phenolic OH excluding ortho intramolecular Hbond substituents is 1. The third kappa shape index (κ3) is 3.17. The first kappa shape index (κ1) is 13.7.